The highest BCUT2D eigenvalue weighted by Crippen LogP contribution is 2.26. The van der Waals surface area contributed by atoms with E-state index < -0.39 is 0 Å². The predicted molar refractivity (Wildman–Crippen MR) is 64.2 cm³/mol. The fraction of sp³-hybridized carbons (Fsp3) is 0.636. The summed E-state index contributed by atoms with van der Waals surface area (Å²) in [7, 11) is 0. The molecule has 0 aromatic carbocycles. The van der Waals surface area contributed by atoms with Gasteiger partial charge in [0, 0.05) is 12.6 Å². The summed E-state index contributed by atoms with van der Waals surface area (Å²) in [5.74, 6) is 1.39. The Morgan fingerprint density at radius 1 is 1.40 bits per heavy atom. The van der Waals surface area contributed by atoms with E-state index in [-0.39, 0.29) is 5.41 Å². The normalized spacial score (nSPS) is 11.9. The van der Waals surface area contributed by atoms with Gasteiger partial charge in [-0.25, -0.2) is 9.97 Å². The number of nitrogens with zero attached hydrogens (tertiary/aromatic N) is 2. The highest BCUT2D eigenvalue weighted by atomic mass is 35.5. The summed E-state index contributed by atoms with van der Waals surface area (Å²) >= 11 is 5.77. The Bertz CT molecular complexity index is 323. The van der Waals surface area contributed by atoms with Gasteiger partial charge in [-0.05, 0) is 11.3 Å². The summed E-state index contributed by atoms with van der Waals surface area (Å²) in [5.41, 5.74) is 0.234. The topological polar surface area (TPSA) is 37.8 Å². The van der Waals surface area contributed by atoms with Crippen LogP contribution in [0.1, 0.15) is 27.7 Å². The molecule has 1 N–H and O–H groups in total. The van der Waals surface area contributed by atoms with Gasteiger partial charge in [-0.15, -0.1) is 0 Å². The smallest absolute Gasteiger partial charge is 0.134 e. The van der Waals surface area contributed by atoms with Crippen molar-refractivity contribution in [3.63, 3.8) is 0 Å². The Balaban J connectivity index is 2.57. The van der Waals surface area contributed by atoms with Gasteiger partial charge in [0.2, 0.25) is 0 Å². The molecule has 0 saturated carbocycles. The largest absolute Gasteiger partial charge is 0.369 e. The average molecular weight is 228 g/mol. The van der Waals surface area contributed by atoms with Crippen LogP contribution >= 0.6 is 11.6 Å². The summed E-state index contributed by atoms with van der Waals surface area (Å²) in [6.07, 6.45) is 1.47. The lowest BCUT2D eigenvalue weighted by molar-refractivity contribution is 0.269. The fourth-order valence-corrected chi connectivity index (χ4v) is 1.10. The van der Waals surface area contributed by atoms with Crippen molar-refractivity contribution in [3.8, 4) is 0 Å². The first-order chi connectivity index (χ1) is 6.92. The van der Waals surface area contributed by atoms with Gasteiger partial charge in [-0.1, -0.05) is 39.3 Å². The van der Waals surface area contributed by atoms with E-state index in [1.165, 1.54) is 6.33 Å². The zero-order valence-corrected chi connectivity index (χ0v) is 10.5. The second-order valence-electron chi connectivity index (χ2n) is 4.72. The van der Waals surface area contributed by atoms with Crippen LogP contribution in [0.25, 0.3) is 0 Å². The summed E-state index contributed by atoms with van der Waals surface area (Å²) in [6, 6.07) is 1.73. The summed E-state index contributed by atoms with van der Waals surface area (Å²) in [4.78, 5) is 7.93. The molecule has 4 heteroatoms. The molecule has 0 atom stereocenters. The van der Waals surface area contributed by atoms with Crippen LogP contribution in [0.4, 0.5) is 5.82 Å². The molecular weight excluding hydrogens is 210 g/mol. The van der Waals surface area contributed by atoms with Crippen molar-refractivity contribution in [2.24, 2.45) is 11.3 Å². The van der Waals surface area contributed by atoms with Crippen LogP contribution in [0.2, 0.25) is 5.15 Å². The third-order valence-electron chi connectivity index (χ3n) is 2.92. The molecule has 1 aromatic heterocycles. The monoisotopic (exact) mass is 227 g/mol. The number of halogens is 1. The van der Waals surface area contributed by atoms with E-state index >= 15 is 0 Å². The third kappa shape index (κ3) is 3.67. The first-order valence-electron chi connectivity index (χ1n) is 5.13. The molecule has 0 fully saturated rings. The van der Waals surface area contributed by atoms with Gasteiger partial charge in [0.15, 0.2) is 0 Å². The molecule has 0 aliphatic carbocycles. The molecule has 0 bridgehead atoms. The molecule has 0 amide bonds. The van der Waals surface area contributed by atoms with Crippen LogP contribution in [0.15, 0.2) is 12.4 Å². The fourth-order valence-electron chi connectivity index (χ4n) is 0.953. The number of aromatic nitrogens is 2. The average Bonchev–Trinajstić information content (AvgIpc) is 2.15. The van der Waals surface area contributed by atoms with Gasteiger partial charge < -0.3 is 5.32 Å². The van der Waals surface area contributed by atoms with Crippen LogP contribution in [-0.4, -0.2) is 16.5 Å². The molecule has 84 valence electrons. The van der Waals surface area contributed by atoms with Crippen LogP contribution in [0.5, 0.6) is 0 Å². The molecule has 0 radical (unpaired) electrons. The second kappa shape index (κ2) is 4.79. The summed E-state index contributed by atoms with van der Waals surface area (Å²) in [5, 5.41) is 3.74. The highest BCUT2D eigenvalue weighted by molar-refractivity contribution is 6.29. The van der Waals surface area contributed by atoms with Crippen LogP contribution in [0.3, 0.4) is 0 Å². The van der Waals surface area contributed by atoms with Crippen LogP contribution in [0, 0.1) is 11.3 Å². The Morgan fingerprint density at radius 3 is 2.60 bits per heavy atom. The Kier molecular flexibility index (Phi) is 3.91. The quantitative estimate of drug-likeness (QED) is 0.803. The molecule has 0 spiro atoms. The van der Waals surface area contributed by atoms with Gasteiger partial charge in [0.05, 0.1) is 0 Å². The molecule has 15 heavy (non-hydrogen) atoms. The molecule has 0 aliphatic rings. The van der Waals surface area contributed by atoms with Gasteiger partial charge in [-0.2, -0.15) is 0 Å². The standard InChI is InChI=1S/C11H18ClN3/c1-8(2)11(3,4)6-13-10-5-9(12)14-7-15-10/h5,7-8H,6H2,1-4H3,(H,13,14,15). The van der Waals surface area contributed by atoms with Crippen molar-refractivity contribution in [1.82, 2.24) is 9.97 Å². The van der Waals surface area contributed by atoms with Gasteiger partial charge in [-0.3, -0.25) is 0 Å². The van der Waals surface area contributed by atoms with Crippen molar-refractivity contribution in [3.05, 3.63) is 17.5 Å². The zero-order valence-electron chi connectivity index (χ0n) is 9.71. The zero-order chi connectivity index (χ0) is 11.5. The van der Waals surface area contributed by atoms with Crippen molar-refractivity contribution in [1.29, 1.82) is 0 Å². The second-order valence-corrected chi connectivity index (χ2v) is 5.11. The van der Waals surface area contributed by atoms with Crippen molar-refractivity contribution >= 4 is 17.4 Å². The number of hydrogen-bond donors (Lipinski definition) is 1. The number of nitrogens with one attached hydrogen (secondary N) is 1. The maximum atomic E-state index is 5.77. The maximum Gasteiger partial charge on any atom is 0.134 e. The van der Waals surface area contributed by atoms with E-state index in [2.05, 4.69) is 43.0 Å². The molecule has 1 rings (SSSR count). The summed E-state index contributed by atoms with van der Waals surface area (Å²) in [6.45, 7) is 9.77. The lowest BCUT2D eigenvalue weighted by Crippen LogP contribution is -2.28. The van der Waals surface area contributed by atoms with Crippen LogP contribution in [-0.2, 0) is 0 Å². The molecule has 3 nitrogen and oxygen atoms in total. The van der Waals surface area contributed by atoms with E-state index in [1.54, 1.807) is 6.07 Å². The Morgan fingerprint density at radius 2 is 2.07 bits per heavy atom. The number of hydrogen-bond acceptors (Lipinski definition) is 3. The maximum absolute atomic E-state index is 5.77. The third-order valence-corrected chi connectivity index (χ3v) is 3.13. The van der Waals surface area contributed by atoms with Crippen LogP contribution < -0.4 is 5.32 Å². The lowest BCUT2D eigenvalue weighted by Gasteiger charge is -2.29. The van der Waals surface area contributed by atoms with Gasteiger partial charge >= 0.3 is 0 Å². The van der Waals surface area contributed by atoms with E-state index in [4.69, 9.17) is 11.6 Å². The molecule has 0 aliphatic heterocycles. The first kappa shape index (κ1) is 12.2. The molecule has 1 aromatic rings. The van der Waals surface area contributed by atoms with E-state index in [1.807, 2.05) is 0 Å². The SMILES string of the molecule is CC(C)C(C)(C)CNc1cc(Cl)ncn1. The van der Waals surface area contributed by atoms with E-state index in [0.717, 1.165) is 12.4 Å². The van der Waals surface area contributed by atoms with E-state index in [0.29, 0.717) is 11.1 Å². The minimum Gasteiger partial charge on any atom is -0.369 e. The molecule has 0 unspecified atom stereocenters. The summed E-state index contributed by atoms with van der Waals surface area (Å²) < 4.78 is 0. The number of anilines is 1. The number of rotatable bonds is 4. The highest BCUT2D eigenvalue weighted by Gasteiger charge is 2.21. The minimum atomic E-state index is 0.234. The van der Waals surface area contributed by atoms with Gasteiger partial charge in [0.1, 0.15) is 17.3 Å². The molecular formula is C11H18ClN3. The van der Waals surface area contributed by atoms with Crippen molar-refractivity contribution < 1.29 is 0 Å². The minimum absolute atomic E-state index is 0.234. The lowest BCUT2D eigenvalue weighted by atomic mass is 9.81. The van der Waals surface area contributed by atoms with Crippen molar-refractivity contribution in [2.45, 2.75) is 27.7 Å². The first-order valence-corrected chi connectivity index (χ1v) is 5.51. The van der Waals surface area contributed by atoms with Gasteiger partial charge in [0.25, 0.3) is 0 Å². The Labute approximate surface area is 96.3 Å². The van der Waals surface area contributed by atoms with Crippen molar-refractivity contribution in [2.75, 3.05) is 11.9 Å². The van der Waals surface area contributed by atoms with E-state index in [9.17, 15) is 0 Å². The Hall–Kier alpha value is -0.830. The molecule has 0 saturated heterocycles. The molecule has 1 heterocycles. The predicted octanol–water partition coefficient (Wildman–Crippen LogP) is 3.22.